The lowest BCUT2D eigenvalue weighted by Crippen LogP contribution is -2.14. The van der Waals surface area contributed by atoms with E-state index < -0.39 is 0 Å². The third kappa shape index (κ3) is 3.52. The Labute approximate surface area is 146 Å². The van der Waals surface area contributed by atoms with Gasteiger partial charge in [-0.1, -0.05) is 23.4 Å². The van der Waals surface area contributed by atoms with Crippen LogP contribution in [0, 0.1) is 0 Å². The molecule has 0 unspecified atom stereocenters. The largest absolute Gasteiger partial charge is 0.495 e. The molecule has 124 valence electrons. The van der Waals surface area contributed by atoms with Gasteiger partial charge in [-0.15, -0.1) is 0 Å². The smallest absolute Gasteiger partial charge is 0.234 e. The van der Waals surface area contributed by atoms with E-state index in [4.69, 9.17) is 22.1 Å². The molecule has 0 bridgehead atoms. The number of carbonyl (C=O) groups is 1. The molecule has 0 fully saturated rings. The summed E-state index contributed by atoms with van der Waals surface area (Å²) in [6, 6.07) is 5.00. The highest BCUT2D eigenvalue weighted by atomic mass is 35.5. The van der Waals surface area contributed by atoms with E-state index >= 15 is 0 Å². The number of hydrogen-bond acceptors (Lipinski definition) is 7. The van der Waals surface area contributed by atoms with E-state index in [-0.39, 0.29) is 11.7 Å². The van der Waals surface area contributed by atoms with Gasteiger partial charge in [-0.25, -0.2) is 15.0 Å². The molecule has 2 heterocycles. The zero-order valence-corrected chi connectivity index (χ0v) is 14.1. The number of thioether (sulfide) groups is 1. The number of methoxy groups -OCH3 is 1. The monoisotopic (exact) mass is 364 g/mol. The molecule has 2 aromatic heterocycles. The van der Waals surface area contributed by atoms with Gasteiger partial charge < -0.3 is 20.8 Å². The van der Waals surface area contributed by atoms with E-state index in [9.17, 15) is 4.79 Å². The fourth-order valence-electron chi connectivity index (χ4n) is 1.99. The number of nitrogens with two attached hydrogens (primary N) is 1. The zero-order chi connectivity index (χ0) is 17.1. The Morgan fingerprint density at radius 2 is 2.29 bits per heavy atom. The van der Waals surface area contributed by atoms with Crippen molar-refractivity contribution in [2.45, 2.75) is 5.16 Å². The van der Waals surface area contributed by atoms with Crippen molar-refractivity contribution in [3.63, 3.8) is 0 Å². The first kappa shape index (κ1) is 16.3. The number of halogens is 1. The fourth-order valence-corrected chi connectivity index (χ4v) is 2.83. The number of nitrogens with one attached hydrogen (secondary N) is 2. The van der Waals surface area contributed by atoms with Crippen molar-refractivity contribution in [2.75, 3.05) is 23.9 Å². The summed E-state index contributed by atoms with van der Waals surface area (Å²) in [5.74, 6) is 0.764. The second-order valence-corrected chi connectivity index (χ2v) is 6.08. The maximum Gasteiger partial charge on any atom is 0.234 e. The molecule has 1 aromatic carbocycles. The predicted molar refractivity (Wildman–Crippen MR) is 93.5 cm³/mol. The minimum atomic E-state index is -0.222. The van der Waals surface area contributed by atoms with Crippen LogP contribution in [-0.2, 0) is 4.79 Å². The molecule has 10 heteroatoms. The number of nitrogens with zero attached hydrogens (tertiary/aromatic N) is 3. The summed E-state index contributed by atoms with van der Waals surface area (Å²) in [6.07, 6.45) is 1.34. The van der Waals surface area contributed by atoms with Gasteiger partial charge >= 0.3 is 0 Å². The first-order valence-corrected chi connectivity index (χ1v) is 8.15. The van der Waals surface area contributed by atoms with Gasteiger partial charge in [0.1, 0.15) is 17.6 Å². The van der Waals surface area contributed by atoms with Crippen LogP contribution in [0.2, 0.25) is 5.02 Å². The number of aromatic nitrogens is 4. The molecule has 0 aliphatic heterocycles. The van der Waals surface area contributed by atoms with Gasteiger partial charge in [0.15, 0.2) is 16.6 Å². The Hall–Kier alpha value is -2.52. The topological polar surface area (TPSA) is 119 Å². The molecule has 0 aliphatic carbocycles. The number of carbonyl (C=O) groups excluding carboxylic acids is 1. The molecule has 4 N–H and O–H groups in total. The summed E-state index contributed by atoms with van der Waals surface area (Å²) in [6.45, 7) is 0. The second kappa shape index (κ2) is 6.93. The highest BCUT2D eigenvalue weighted by Gasteiger charge is 2.12. The van der Waals surface area contributed by atoms with Crippen LogP contribution in [-0.4, -0.2) is 38.7 Å². The molecular formula is C14H13ClN6O2S. The molecular weight excluding hydrogens is 352 g/mol. The van der Waals surface area contributed by atoms with Gasteiger partial charge in [-0.3, -0.25) is 4.79 Å². The summed E-state index contributed by atoms with van der Waals surface area (Å²) in [4.78, 5) is 27.3. The number of anilines is 2. The molecule has 0 atom stereocenters. The maximum atomic E-state index is 12.1. The number of amides is 1. The molecule has 1 amide bonds. The van der Waals surface area contributed by atoms with Crippen molar-refractivity contribution < 1.29 is 9.53 Å². The SMILES string of the molecule is COc1ccc(Cl)cc1NC(=O)CSc1nc2ncnc(N)c2[nH]1. The molecule has 24 heavy (non-hydrogen) atoms. The molecule has 3 rings (SSSR count). The van der Waals surface area contributed by atoms with Gasteiger partial charge in [-0.05, 0) is 18.2 Å². The normalized spacial score (nSPS) is 10.8. The first-order valence-electron chi connectivity index (χ1n) is 6.79. The summed E-state index contributed by atoms with van der Waals surface area (Å²) in [5.41, 5.74) is 7.26. The quantitative estimate of drug-likeness (QED) is 0.594. The molecule has 0 spiro atoms. The molecule has 8 nitrogen and oxygen atoms in total. The number of fused-ring (bicyclic) bond motifs is 1. The van der Waals surface area contributed by atoms with Gasteiger partial charge in [0.2, 0.25) is 5.91 Å². The lowest BCUT2D eigenvalue weighted by molar-refractivity contribution is -0.113. The van der Waals surface area contributed by atoms with Gasteiger partial charge in [-0.2, -0.15) is 0 Å². The number of benzene rings is 1. The Bertz CT molecular complexity index is 900. The summed E-state index contributed by atoms with van der Waals surface area (Å²) >= 11 is 7.16. The number of hydrogen-bond donors (Lipinski definition) is 3. The van der Waals surface area contributed by atoms with Crippen LogP contribution in [0.25, 0.3) is 11.2 Å². The van der Waals surface area contributed by atoms with Gasteiger partial charge in [0.25, 0.3) is 0 Å². The van der Waals surface area contributed by atoms with Crippen LogP contribution >= 0.6 is 23.4 Å². The fraction of sp³-hybridized carbons (Fsp3) is 0.143. The van der Waals surface area contributed by atoms with Crippen LogP contribution in [0.5, 0.6) is 5.75 Å². The van der Waals surface area contributed by atoms with Crippen molar-refractivity contribution in [1.29, 1.82) is 0 Å². The summed E-state index contributed by atoms with van der Waals surface area (Å²) in [5, 5.41) is 3.79. The van der Waals surface area contributed by atoms with Gasteiger partial charge in [0, 0.05) is 5.02 Å². The van der Waals surface area contributed by atoms with Crippen LogP contribution in [0.15, 0.2) is 29.7 Å². The highest BCUT2D eigenvalue weighted by molar-refractivity contribution is 7.99. The van der Waals surface area contributed by atoms with Gasteiger partial charge in [0.05, 0.1) is 18.6 Å². The van der Waals surface area contributed by atoms with Crippen molar-refractivity contribution >= 4 is 51.9 Å². The minimum Gasteiger partial charge on any atom is -0.495 e. The summed E-state index contributed by atoms with van der Waals surface area (Å²) in [7, 11) is 1.52. The van der Waals surface area contributed by atoms with Crippen molar-refractivity contribution in [3.05, 3.63) is 29.5 Å². The average molecular weight is 365 g/mol. The standard InChI is InChI=1S/C14H13ClN6O2S/c1-23-9-3-2-7(15)4-8(9)19-10(22)5-24-14-20-11-12(16)17-6-18-13(11)21-14/h2-4,6H,5H2,1H3,(H,19,22)(H3,16,17,18,20,21). The molecule has 0 saturated carbocycles. The van der Waals surface area contributed by atoms with E-state index in [0.717, 1.165) is 0 Å². The second-order valence-electron chi connectivity index (χ2n) is 4.68. The van der Waals surface area contributed by atoms with Crippen LogP contribution < -0.4 is 15.8 Å². The average Bonchev–Trinajstić information content (AvgIpc) is 2.98. The Morgan fingerprint density at radius 3 is 3.04 bits per heavy atom. The number of aromatic amines is 1. The summed E-state index contributed by atoms with van der Waals surface area (Å²) < 4.78 is 5.19. The number of H-pyrrole nitrogens is 1. The van der Waals surface area contributed by atoms with E-state index in [1.807, 2.05) is 0 Å². The van der Waals surface area contributed by atoms with E-state index in [1.165, 1.54) is 25.2 Å². The minimum absolute atomic E-state index is 0.142. The van der Waals surface area contributed by atoms with Crippen LogP contribution in [0.4, 0.5) is 11.5 Å². The Morgan fingerprint density at radius 1 is 1.46 bits per heavy atom. The predicted octanol–water partition coefficient (Wildman–Crippen LogP) is 2.33. The number of rotatable bonds is 5. The third-order valence-electron chi connectivity index (χ3n) is 3.07. The van der Waals surface area contributed by atoms with Crippen LogP contribution in [0.3, 0.4) is 0 Å². The molecule has 3 aromatic rings. The van der Waals surface area contributed by atoms with Crippen LogP contribution in [0.1, 0.15) is 0 Å². The lowest BCUT2D eigenvalue weighted by atomic mass is 10.3. The van der Waals surface area contributed by atoms with E-state index in [0.29, 0.717) is 38.6 Å². The molecule has 0 aliphatic rings. The molecule has 0 saturated heterocycles. The van der Waals surface area contributed by atoms with Crippen molar-refractivity contribution in [3.8, 4) is 5.75 Å². The number of imidazole rings is 1. The Balaban J connectivity index is 1.67. The van der Waals surface area contributed by atoms with E-state index in [2.05, 4.69) is 25.3 Å². The molecule has 0 radical (unpaired) electrons. The Kier molecular flexibility index (Phi) is 4.72. The number of ether oxygens (including phenoxy) is 1. The maximum absolute atomic E-state index is 12.1. The number of nitrogen functional groups attached to an aromatic ring is 1. The first-order chi connectivity index (χ1) is 11.6. The van der Waals surface area contributed by atoms with E-state index in [1.54, 1.807) is 18.2 Å². The highest BCUT2D eigenvalue weighted by Crippen LogP contribution is 2.28. The van der Waals surface area contributed by atoms with Crippen molar-refractivity contribution in [1.82, 2.24) is 19.9 Å². The van der Waals surface area contributed by atoms with Crippen molar-refractivity contribution in [2.24, 2.45) is 0 Å². The lowest BCUT2D eigenvalue weighted by Gasteiger charge is -2.10. The zero-order valence-electron chi connectivity index (χ0n) is 12.5. The third-order valence-corrected chi connectivity index (χ3v) is 4.18.